The van der Waals surface area contributed by atoms with Gasteiger partial charge in [-0.25, -0.2) is 0 Å². The van der Waals surface area contributed by atoms with E-state index in [0.29, 0.717) is 18.0 Å². The Hall–Kier alpha value is -2.55. The second kappa shape index (κ2) is 7.25. The van der Waals surface area contributed by atoms with E-state index in [4.69, 9.17) is 0 Å². The highest BCUT2D eigenvalue weighted by molar-refractivity contribution is 5.94. The lowest BCUT2D eigenvalue weighted by atomic mass is 9.82. The molecule has 2 saturated heterocycles. The smallest absolute Gasteiger partial charge is 0.233 e. The number of benzene rings is 2. The van der Waals surface area contributed by atoms with Crippen LogP contribution in [-0.4, -0.2) is 27.9 Å². The van der Waals surface area contributed by atoms with Gasteiger partial charge in [0.05, 0.1) is 5.41 Å². The van der Waals surface area contributed by atoms with Crippen LogP contribution in [-0.2, 0) is 16.6 Å². The molecule has 0 radical (unpaired) electrons. The number of aromatic nitrogens is 1. The zero-order valence-electron chi connectivity index (χ0n) is 19.5. The average molecular weight is 415 g/mol. The summed E-state index contributed by atoms with van der Waals surface area (Å²) in [5, 5.41) is 1.25. The molecule has 162 valence electrons. The predicted molar refractivity (Wildman–Crippen MR) is 129 cm³/mol. The lowest BCUT2D eigenvalue weighted by Crippen LogP contribution is -2.45. The van der Waals surface area contributed by atoms with Crippen LogP contribution in [0.4, 0.5) is 0 Å². The van der Waals surface area contributed by atoms with Crippen molar-refractivity contribution in [3.8, 4) is 11.3 Å². The molecule has 0 unspecified atom stereocenters. The summed E-state index contributed by atoms with van der Waals surface area (Å²) in [4.78, 5) is 19.5. The molecule has 0 saturated carbocycles. The van der Waals surface area contributed by atoms with Gasteiger partial charge in [-0.1, -0.05) is 30.2 Å². The Labute approximate surface area is 185 Å². The molecule has 2 aliphatic heterocycles. The Kier molecular flexibility index (Phi) is 4.76. The molecule has 0 atom stereocenters. The van der Waals surface area contributed by atoms with Gasteiger partial charge in [-0.3, -0.25) is 4.79 Å². The van der Waals surface area contributed by atoms with Crippen LogP contribution in [0.5, 0.6) is 0 Å². The molecule has 2 aliphatic rings. The average Bonchev–Trinajstić information content (AvgIpc) is 3.43. The van der Waals surface area contributed by atoms with Crippen LogP contribution < -0.4 is 0 Å². The number of nitrogens with zero attached hydrogens (tertiary/aromatic N) is 1. The molecule has 3 nitrogen and oxygen atoms in total. The normalized spacial score (nSPS) is 20.7. The number of nitrogens with one attached hydrogen (secondary N) is 1. The molecule has 3 aromatic rings. The molecule has 3 heterocycles. The highest BCUT2D eigenvalue weighted by Gasteiger charge is 2.46. The Morgan fingerprint density at radius 1 is 1.00 bits per heavy atom. The number of fused-ring (bicyclic) bond motifs is 3. The van der Waals surface area contributed by atoms with Gasteiger partial charge >= 0.3 is 0 Å². The fourth-order valence-corrected chi connectivity index (χ4v) is 6.06. The summed E-state index contributed by atoms with van der Waals surface area (Å²) < 4.78 is 0. The Morgan fingerprint density at radius 2 is 1.61 bits per heavy atom. The lowest BCUT2D eigenvalue weighted by molar-refractivity contribution is -0.137. The number of amides is 1. The Balaban J connectivity index is 1.57. The van der Waals surface area contributed by atoms with Gasteiger partial charge in [0.25, 0.3) is 0 Å². The van der Waals surface area contributed by atoms with Gasteiger partial charge in [0.15, 0.2) is 0 Å². The highest BCUT2D eigenvalue weighted by Crippen LogP contribution is 2.42. The van der Waals surface area contributed by atoms with Crippen LogP contribution in [0.15, 0.2) is 36.4 Å². The van der Waals surface area contributed by atoms with Gasteiger partial charge in [0.1, 0.15) is 0 Å². The van der Waals surface area contributed by atoms with Crippen LogP contribution in [0.1, 0.15) is 68.7 Å². The van der Waals surface area contributed by atoms with Gasteiger partial charge in [0, 0.05) is 28.7 Å². The number of H-pyrrole nitrogens is 1. The molecule has 1 aromatic heterocycles. The Morgan fingerprint density at radius 3 is 2.19 bits per heavy atom. The van der Waals surface area contributed by atoms with E-state index in [1.807, 2.05) is 0 Å². The zero-order chi connectivity index (χ0) is 21.9. The molecule has 1 N–H and O–H groups in total. The number of aromatic amines is 1. The van der Waals surface area contributed by atoms with Gasteiger partial charge < -0.3 is 9.88 Å². The van der Waals surface area contributed by atoms with Gasteiger partial charge in [-0.2, -0.15) is 0 Å². The first kappa shape index (κ1) is 20.4. The summed E-state index contributed by atoms with van der Waals surface area (Å²) in [6.07, 6.45) is 5.69. The van der Waals surface area contributed by atoms with Crippen molar-refractivity contribution < 1.29 is 4.79 Å². The van der Waals surface area contributed by atoms with E-state index < -0.39 is 5.41 Å². The third kappa shape index (κ3) is 3.21. The van der Waals surface area contributed by atoms with E-state index in [0.717, 1.165) is 17.5 Å². The van der Waals surface area contributed by atoms with E-state index >= 15 is 0 Å². The first-order valence-electron chi connectivity index (χ1n) is 11.9. The summed E-state index contributed by atoms with van der Waals surface area (Å²) in [5.74, 6) is 0.306. The molecule has 0 aliphatic carbocycles. The molecule has 5 rings (SSSR count). The molecule has 2 fully saturated rings. The van der Waals surface area contributed by atoms with E-state index in [1.54, 1.807) is 0 Å². The molecule has 2 bridgehead atoms. The predicted octanol–water partition coefficient (Wildman–Crippen LogP) is 6.45. The first-order valence-corrected chi connectivity index (χ1v) is 11.9. The highest BCUT2D eigenvalue weighted by atomic mass is 16.2. The zero-order valence-corrected chi connectivity index (χ0v) is 19.5. The Bertz CT molecular complexity index is 1130. The summed E-state index contributed by atoms with van der Waals surface area (Å²) in [5.41, 5.74) is 8.12. The largest absolute Gasteiger partial charge is 0.354 e. The minimum atomic E-state index is -0.512. The van der Waals surface area contributed by atoms with Crippen molar-refractivity contribution in [2.24, 2.45) is 0 Å². The molecular weight excluding hydrogens is 380 g/mol. The van der Waals surface area contributed by atoms with E-state index in [-0.39, 0.29) is 0 Å². The minimum absolute atomic E-state index is 0.306. The van der Waals surface area contributed by atoms with Crippen molar-refractivity contribution in [3.05, 3.63) is 58.7 Å². The van der Waals surface area contributed by atoms with Crippen molar-refractivity contribution in [2.75, 3.05) is 0 Å². The van der Waals surface area contributed by atoms with Crippen molar-refractivity contribution in [2.45, 2.75) is 84.2 Å². The number of rotatable bonds is 4. The maximum Gasteiger partial charge on any atom is 0.233 e. The van der Waals surface area contributed by atoms with Gasteiger partial charge in [0.2, 0.25) is 5.91 Å². The maximum absolute atomic E-state index is 13.6. The summed E-state index contributed by atoms with van der Waals surface area (Å²) in [6.45, 7) is 10.7. The topological polar surface area (TPSA) is 36.1 Å². The van der Waals surface area contributed by atoms with Crippen molar-refractivity contribution >= 4 is 16.8 Å². The van der Waals surface area contributed by atoms with Crippen LogP contribution in [0, 0.1) is 13.8 Å². The fraction of sp³-hybridized carbons (Fsp3) is 0.464. The SMILES string of the molecule is CCc1c(-c2cc(C)cc(C)c2)[nH]c2ccc(C(C)(C)C(=O)N3C4CCC3CC4)cc12. The summed E-state index contributed by atoms with van der Waals surface area (Å²) in [6, 6.07) is 14.3. The van der Waals surface area contributed by atoms with Crippen molar-refractivity contribution in [1.82, 2.24) is 9.88 Å². The number of carbonyl (C=O) groups excluding carboxylic acids is 1. The van der Waals surface area contributed by atoms with E-state index in [9.17, 15) is 4.79 Å². The van der Waals surface area contributed by atoms with Gasteiger partial charge in [-0.05, 0) is 101 Å². The van der Waals surface area contributed by atoms with Crippen LogP contribution in [0.3, 0.4) is 0 Å². The quantitative estimate of drug-likeness (QED) is 0.523. The molecular formula is C28H34N2O. The second-order valence-corrected chi connectivity index (χ2v) is 10.3. The molecule has 2 aromatic carbocycles. The lowest BCUT2D eigenvalue weighted by Gasteiger charge is -2.33. The van der Waals surface area contributed by atoms with Gasteiger partial charge in [-0.15, -0.1) is 0 Å². The monoisotopic (exact) mass is 414 g/mol. The van der Waals surface area contributed by atoms with E-state index in [1.165, 1.54) is 59.0 Å². The third-order valence-corrected chi connectivity index (χ3v) is 7.71. The second-order valence-electron chi connectivity index (χ2n) is 10.3. The molecule has 3 heteroatoms. The van der Waals surface area contributed by atoms with E-state index in [2.05, 4.69) is 80.9 Å². The molecule has 0 spiro atoms. The van der Waals surface area contributed by atoms with Crippen molar-refractivity contribution in [1.29, 1.82) is 0 Å². The third-order valence-electron chi connectivity index (χ3n) is 7.71. The maximum atomic E-state index is 13.6. The summed E-state index contributed by atoms with van der Waals surface area (Å²) in [7, 11) is 0. The number of aryl methyl sites for hydroxylation is 3. The standard InChI is InChI=1S/C28H34N2O/c1-6-23-24-16-20(28(4,5)27(31)30-21-8-9-22(30)11-10-21)7-12-25(24)29-26(23)19-14-17(2)13-18(3)15-19/h7,12-16,21-22,29H,6,8-11H2,1-5H3. The summed E-state index contributed by atoms with van der Waals surface area (Å²) >= 11 is 0. The fourth-order valence-electron chi connectivity index (χ4n) is 6.06. The van der Waals surface area contributed by atoms with Crippen LogP contribution in [0.2, 0.25) is 0 Å². The molecule has 1 amide bonds. The van der Waals surface area contributed by atoms with Crippen LogP contribution in [0.25, 0.3) is 22.2 Å². The molecule has 31 heavy (non-hydrogen) atoms. The van der Waals surface area contributed by atoms with Crippen LogP contribution >= 0.6 is 0 Å². The number of carbonyl (C=O) groups is 1. The first-order chi connectivity index (χ1) is 14.8. The van der Waals surface area contributed by atoms with Crippen molar-refractivity contribution in [3.63, 3.8) is 0 Å². The minimum Gasteiger partial charge on any atom is -0.354 e. The number of hydrogen-bond acceptors (Lipinski definition) is 1. The number of hydrogen-bond donors (Lipinski definition) is 1.